The standard InChI is InChI=1S/C17H22N2O2/c1-13-6-8-14(9-7-13)19-16(20)12-15(17(19)21)18-10-4-2-3-5-11-18/h6-9,15H,2-5,10-12H2,1H3. The molecule has 1 aromatic rings. The van der Waals surface area contributed by atoms with Crippen LogP contribution in [0, 0.1) is 6.92 Å². The molecule has 21 heavy (non-hydrogen) atoms. The molecule has 0 aliphatic carbocycles. The van der Waals surface area contributed by atoms with Gasteiger partial charge in [0, 0.05) is 0 Å². The fourth-order valence-electron chi connectivity index (χ4n) is 3.27. The number of likely N-dealkylation sites (tertiary alicyclic amines) is 1. The monoisotopic (exact) mass is 286 g/mol. The first kappa shape index (κ1) is 14.3. The van der Waals surface area contributed by atoms with Crippen molar-refractivity contribution in [1.29, 1.82) is 0 Å². The smallest absolute Gasteiger partial charge is 0.251 e. The second-order valence-electron chi connectivity index (χ2n) is 6.07. The van der Waals surface area contributed by atoms with E-state index in [4.69, 9.17) is 0 Å². The van der Waals surface area contributed by atoms with E-state index in [1.54, 1.807) is 0 Å². The summed E-state index contributed by atoms with van der Waals surface area (Å²) in [5.74, 6) is -0.121. The molecule has 0 bridgehead atoms. The maximum absolute atomic E-state index is 12.7. The zero-order valence-electron chi connectivity index (χ0n) is 12.5. The Balaban J connectivity index is 1.79. The van der Waals surface area contributed by atoms with Crippen molar-refractivity contribution in [3.63, 3.8) is 0 Å². The van der Waals surface area contributed by atoms with E-state index in [0.717, 1.165) is 31.5 Å². The fraction of sp³-hybridized carbons (Fsp3) is 0.529. The van der Waals surface area contributed by atoms with Crippen LogP contribution in [0.1, 0.15) is 37.7 Å². The van der Waals surface area contributed by atoms with Crippen molar-refractivity contribution < 1.29 is 9.59 Å². The maximum Gasteiger partial charge on any atom is 0.251 e. The Kier molecular flexibility index (Phi) is 4.06. The van der Waals surface area contributed by atoms with E-state index < -0.39 is 0 Å². The number of imide groups is 1. The molecule has 0 aromatic heterocycles. The molecule has 0 saturated carbocycles. The van der Waals surface area contributed by atoms with E-state index >= 15 is 0 Å². The van der Waals surface area contributed by atoms with Gasteiger partial charge in [-0.1, -0.05) is 30.5 Å². The van der Waals surface area contributed by atoms with Gasteiger partial charge in [-0.3, -0.25) is 14.5 Å². The van der Waals surface area contributed by atoms with Gasteiger partial charge < -0.3 is 0 Å². The van der Waals surface area contributed by atoms with Gasteiger partial charge in [0.2, 0.25) is 5.91 Å². The Hall–Kier alpha value is -1.68. The van der Waals surface area contributed by atoms with Crippen molar-refractivity contribution in [2.75, 3.05) is 18.0 Å². The molecule has 1 unspecified atom stereocenters. The number of nitrogens with zero attached hydrogens (tertiary/aromatic N) is 2. The van der Waals surface area contributed by atoms with Gasteiger partial charge in [-0.05, 0) is 45.0 Å². The minimum Gasteiger partial charge on any atom is -0.292 e. The second-order valence-corrected chi connectivity index (χ2v) is 6.07. The van der Waals surface area contributed by atoms with Crippen LogP contribution in [0.25, 0.3) is 0 Å². The highest BCUT2D eigenvalue weighted by Gasteiger charge is 2.42. The number of benzene rings is 1. The third-order valence-corrected chi connectivity index (χ3v) is 4.50. The summed E-state index contributed by atoms with van der Waals surface area (Å²) in [6, 6.07) is 7.34. The summed E-state index contributed by atoms with van der Waals surface area (Å²) in [6.45, 7) is 3.87. The van der Waals surface area contributed by atoms with Crippen LogP contribution in [0.2, 0.25) is 0 Å². The average Bonchev–Trinajstić information content (AvgIpc) is 2.69. The van der Waals surface area contributed by atoms with Gasteiger partial charge in [0.1, 0.15) is 0 Å². The molecule has 0 N–H and O–H groups in total. The molecule has 2 aliphatic heterocycles. The van der Waals surface area contributed by atoms with Crippen LogP contribution in [0.3, 0.4) is 0 Å². The summed E-state index contributed by atoms with van der Waals surface area (Å²) in [4.78, 5) is 28.5. The normalized spacial score (nSPS) is 24.4. The molecule has 2 fully saturated rings. The van der Waals surface area contributed by atoms with E-state index in [1.165, 1.54) is 17.7 Å². The Morgan fingerprint density at radius 1 is 0.952 bits per heavy atom. The van der Waals surface area contributed by atoms with E-state index in [1.807, 2.05) is 31.2 Å². The van der Waals surface area contributed by atoms with Crippen molar-refractivity contribution in [3.05, 3.63) is 29.8 Å². The first-order chi connectivity index (χ1) is 10.2. The third kappa shape index (κ3) is 2.86. The molecule has 4 nitrogen and oxygen atoms in total. The van der Waals surface area contributed by atoms with Crippen molar-refractivity contribution in [2.45, 2.75) is 45.1 Å². The predicted molar refractivity (Wildman–Crippen MR) is 82.1 cm³/mol. The van der Waals surface area contributed by atoms with Crippen molar-refractivity contribution in [2.24, 2.45) is 0 Å². The summed E-state index contributed by atoms with van der Waals surface area (Å²) in [6.07, 6.45) is 5.04. The Labute approximate surface area is 125 Å². The first-order valence-corrected chi connectivity index (χ1v) is 7.84. The second kappa shape index (κ2) is 5.98. The van der Waals surface area contributed by atoms with Crippen LogP contribution in [0.15, 0.2) is 24.3 Å². The van der Waals surface area contributed by atoms with Gasteiger partial charge in [0.25, 0.3) is 5.91 Å². The van der Waals surface area contributed by atoms with E-state index in [0.29, 0.717) is 12.1 Å². The molecule has 2 aliphatic rings. The Bertz CT molecular complexity index is 530. The van der Waals surface area contributed by atoms with Crippen LogP contribution < -0.4 is 4.90 Å². The van der Waals surface area contributed by atoms with Gasteiger partial charge >= 0.3 is 0 Å². The molecule has 1 aromatic carbocycles. The van der Waals surface area contributed by atoms with Crippen LogP contribution in [-0.4, -0.2) is 35.8 Å². The number of aryl methyl sites for hydroxylation is 1. The lowest BCUT2D eigenvalue weighted by atomic mass is 10.2. The summed E-state index contributed by atoms with van der Waals surface area (Å²) in [5.41, 5.74) is 1.83. The van der Waals surface area contributed by atoms with E-state index in [2.05, 4.69) is 4.90 Å². The van der Waals surface area contributed by atoms with Crippen LogP contribution in [-0.2, 0) is 9.59 Å². The van der Waals surface area contributed by atoms with Crippen LogP contribution >= 0.6 is 0 Å². The molecular weight excluding hydrogens is 264 g/mol. The number of rotatable bonds is 2. The molecule has 112 valence electrons. The molecule has 4 heteroatoms. The summed E-state index contributed by atoms with van der Waals surface area (Å²) in [5, 5.41) is 0. The van der Waals surface area contributed by atoms with Crippen molar-refractivity contribution >= 4 is 17.5 Å². The molecular formula is C17H22N2O2. The van der Waals surface area contributed by atoms with E-state index in [-0.39, 0.29) is 17.9 Å². The molecule has 1 atom stereocenters. The molecule has 2 heterocycles. The minimum atomic E-state index is -0.253. The lowest BCUT2D eigenvalue weighted by molar-refractivity contribution is -0.122. The third-order valence-electron chi connectivity index (χ3n) is 4.50. The Morgan fingerprint density at radius 2 is 1.57 bits per heavy atom. The number of carbonyl (C=O) groups is 2. The van der Waals surface area contributed by atoms with Crippen LogP contribution in [0.4, 0.5) is 5.69 Å². The van der Waals surface area contributed by atoms with Crippen LogP contribution in [0.5, 0.6) is 0 Å². The molecule has 2 saturated heterocycles. The zero-order valence-corrected chi connectivity index (χ0v) is 12.5. The summed E-state index contributed by atoms with van der Waals surface area (Å²) < 4.78 is 0. The topological polar surface area (TPSA) is 40.6 Å². The SMILES string of the molecule is Cc1ccc(N2C(=O)CC(N3CCCCCC3)C2=O)cc1. The fourth-order valence-corrected chi connectivity index (χ4v) is 3.27. The molecule has 0 spiro atoms. The summed E-state index contributed by atoms with van der Waals surface area (Å²) >= 11 is 0. The molecule has 2 amide bonds. The highest BCUT2D eigenvalue weighted by molar-refractivity contribution is 6.22. The lowest BCUT2D eigenvalue weighted by Gasteiger charge is -2.25. The van der Waals surface area contributed by atoms with Gasteiger partial charge in [0.05, 0.1) is 18.2 Å². The largest absolute Gasteiger partial charge is 0.292 e. The van der Waals surface area contributed by atoms with Gasteiger partial charge in [-0.15, -0.1) is 0 Å². The minimum absolute atomic E-state index is 0.0502. The summed E-state index contributed by atoms with van der Waals surface area (Å²) in [7, 11) is 0. The van der Waals surface area contributed by atoms with Crippen molar-refractivity contribution in [3.8, 4) is 0 Å². The highest BCUT2D eigenvalue weighted by atomic mass is 16.2. The molecule has 3 rings (SSSR count). The highest BCUT2D eigenvalue weighted by Crippen LogP contribution is 2.27. The van der Waals surface area contributed by atoms with Gasteiger partial charge in [0.15, 0.2) is 0 Å². The first-order valence-electron chi connectivity index (χ1n) is 7.84. The molecule has 0 radical (unpaired) electrons. The van der Waals surface area contributed by atoms with Crippen molar-refractivity contribution in [1.82, 2.24) is 4.90 Å². The zero-order chi connectivity index (χ0) is 14.8. The number of hydrogen-bond acceptors (Lipinski definition) is 3. The predicted octanol–water partition coefficient (Wildman–Crippen LogP) is 2.50. The average molecular weight is 286 g/mol. The van der Waals surface area contributed by atoms with E-state index in [9.17, 15) is 9.59 Å². The number of anilines is 1. The number of hydrogen-bond donors (Lipinski definition) is 0. The lowest BCUT2D eigenvalue weighted by Crippen LogP contribution is -2.42. The maximum atomic E-state index is 12.7. The number of carbonyl (C=O) groups excluding carboxylic acids is 2. The number of amides is 2. The quantitative estimate of drug-likeness (QED) is 0.784. The van der Waals surface area contributed by atoms with Gasteiger partial charge in [-0.25, -0.2) is 4.90 Å². The van der Waals surface area contributed by atoms with Gasteiger partial charge in [-0.2, -0.15) is 0 Å². The Morgan fingerprint density at radius 3 is 2.19 bits per heavy atom.